The van der Waals surface area contributed by atoms with Crippen molar-refractivity contribution in [2.45, 2.75) is 19.0 Å². The topological polar surface area (TPSA) is 92.0 Å². The molecule has 0 spiro atoms. The van der Waals surface area contributed by atoms with E-state index in [4.69, 9.17) is 9.47 Å². The Balaban J connectivity index is 1.51. The Morgan fingerprint density at radius 3 is 2.90 bits per heavy atom. The van der Waals surface area contributed by atoms with Crippen molar-refractivity contribution >= 4 is 0 Å². The minimum atomic E-state index is 0.0317. The maximum Gasteiger partial charge on any atom is 0.131 e. The fraction of sp³-hybridized carbons (Fsp3) is 0.261. The van der Waals surface area contributed by atoms with Crippen molar-refractivity contribution in [1.29, 1.82) is 0 Å². The molecule has 1 aliphatic heterocycles. The van der Waals surface area contributed by atoms with Crippen LogP contribution in [-0.2, 0) is 13.0 Å². The van der Waals surface area contributed by atoms with Crippen LogP contribution in [0.5, 0.6) is 11.5 Å². The highest BCUT2D eigenvalue weighted by Crippen LogP contribution is 2.37. The fourth-order valence-corrected chi connectivity index (χ4v) is 4.29. The van der Waals surface area contributed by atoms with Gasteiger partial charge >= 0.3 is 0 Å². The van der Waals surface area contributed by atoms with Gasteiger partial charge in [-0.2, -0.15) is 5.10 Å². The molecule has 3 aromatic heterocycles. The maximum absolute atomic E-state index is 5.62. The SMILES string of the molecule is COc1ccc(-c2[nH]ncc2CN2CCc3[nH]cnc3C2c2cccnc2)c(OC)c1. The lowest BCUT2D eigenvalue weighted by Crippen LogP contribution is -2.36. The standard InChI is InChI=1S/C23H24N6O2/c1-30-17-5-6-18(20(10-17)31-2)21-16(12-27-28-21)13-29-9-7-19-22(26-14-25-19)23(29)15-4-3-8-24-11-15/h3-6,8,10-12,14,23H,7,9,13H2,1-2H3,(H,25,26)(H,27,28). The molecule has 0 amide bonds. The number of nitrogens with one attached hydrogen (secondary N) is 2. The molecule has 8 heteroatoms. The molecule has 1 unspecified atom stereocenters. The van der Waals surface area contributed by atoms with E-state index in [9.17, 15) is 0 Å². The highest BCUT2D eigenvalue weighted by atomic mass is 16.5. The third-order valence-corrected chi connectivity index (χ3v) is 5.79. The summed E-state index contributed by atoms with van der Waals surface area (Å²) in [5.74, 6) is 1.49. The number of methoxy groups -OCH3 is 2. The van der Waals surface area contributed by atoms with E-state index in [-0.39, 0.29) is 6.04 Å². The molecular weight excluding hydrogens is 392 g/mol. The summed E-state index contributed by atoms with van der Waals surface area (Å²) in [6, 6.07) is 9.92. The van der Waals surface area contributed by atoms with E-state index < -0.39 is 0 Å². The summed E-state index contributed by atoms with van der Waals surface area (Å²) in [6.07, 6.45) is 8.31. The van der Waals surface area contributed by atoms with Crippen LogP contribution in [0.1, 0.15) is 28.6 Å². The Labute approximate surface area is 180 Å². The minimum absolute atomic E-state index is 0.0317. The Hall–Kier alpha value is -3.65. The quantitative estimate of drug-likeness (QED) is 0.501. The number of imidazole rings is 1. The Bertz CT molecular complexity index is 1170. The molecule has 1 atom stereocenters. The molecule has 5 rings (SSSR count). The van der Waals surface area contributed by atoms with Gasteiger partial charge in [-0.1, -0.05) is 6.07 Å². The van der Waals surface area contributed by atoms with Gasteiger partial charge in [0.25, 0.3) is 0 Å². The highest BCUT2D eigenvalue weighted by molar-refractivity contribution is 5.71. The van der Waals surface area contributed by atoms with Crippen molar-refractivity contribution < 1.29 is 9.47 Å². The van der Waals surface area contributed by atoms with Crippen LogP contribution in [0.2, 0.25) is 0 Å². The second-order valence-electron chi connectivity index (χ2n) is 7.51. The molecular formula is C23H24N6O2. The number of H-pyrrole nitrogens is 2. The number of fused-ring (bicyclic) bond motifs is 1. The summed E-state index contributed by atoms with van der Waals surface area (Å²) in [4.78, 5) is 14.7. The van der Waals surface area contributed by atoms with Crippen molar-refractivity contribution in [3.8, 4) is 22.8 Å². The number of benzene rings is 1. The largest absolute Gasteiger partial charge is 0.497 e. The van der Waals surface area contributed by atoms with Gasteiger partial charge in [0, 0.05) is 54.8 Å². The minimum Gasteiger partial charge on any atom is -0.497 e. The Morgan fingerprint density at radius 1 is 1.16 bits per heavy atom. The van der Waals surface area contributed by atoms with Gasteiger partial charge in [-0.25, -0.2) is 4.98 Å². The van der Waals surface area contributed by atoms with E-state index in [1.165, 1.54) is 5.69 Å². The van der Waals surface area contributed by atoms with Crippen LogP contribution in [0.15, 0.2) is 55.2 Å². The van der Waals surface area contributed by atoms with Crippen molar-refractivity contribution in [1.82, 2.24) is 30.0 Å². The first-order valence-electron chi connectivity index (χ1n) is 10.2. The van der Waals surface area contributed by atoms with E-state index in [1.54, 1.807) is 26.7 Å². The lowest BCUT2D eigenvalue weighted by Gasteiger charge is -2.35. The molecule has 4 aromatic rings. The smallest absolute Gasteiger partial charge is 0.131 e. The summed E-state index contributed by atoms with van der Waals surface area (Å²) in [5, 5.41) is 7.50. The third kappa shape index (κ3) is 3.55. The normalized spacial score (nSPS) is 16.1. The third-order valence-electron chi connectivity index (χ3n) is 5.79. The lowest BCUT2D eigenvalue weighted by atomic mass is 9.96. The van der Waals surface area contributed by atoms with Gasteiger partial charge in [-0.3, -0.25) is 15.0 Å². The van der Waals surface area contributed by atoms with Crippen LogP contribution in [0.4, 0.5) is 0 Å². The maximum atomic E-state index is 5.62. The van der Waals surface area contributed by atoms with Crippen molar-refractivity contribution in [3.05, 3.63) is 77.8 Å². The fourth-order valence-electron chi connectivity index (χ4n) is 4.29. The molecule has 0 saturated heterocycles. The second-order valence-corrected chi connectivity index (χ2v) is 7.51. The first-order chi connectivity index (χ1) is 15.3. The molecule has 8 nitrogen and oxygen atoms in total. The van der Waals surface area contributed by atoms with Gasteiger partial charge in [0.05, 0.1) is 44.2 Å². The monoisotopic (exact) mass is 416 g/mol. The van der Waals surface area contributed by atoms with Gasteiger partial charge in [-0.15, -0.1) is 0 Å². The van der Waals surface area contributed by atoms with Gasteiger partial charge in [0.15, 0.2) is 0 Å². The Morgan fingerprint density at radius 2 is 2.10 bits per heavy atom. The molecule has 31 heavy (non-hydrogen) atoms. The summed E-state index contributed by atoms with van der Waals surface area (Å²) >= 11 is 0. The lowest BCUT2D eigenvalue weighted by molar-refractivity contribution is 0.200. The number of aromatic amines is 2. The van der Waals surface area contributed by atoms with Gasteiger partial charge in [0.2, 0.25) is 0 Å². The highest BCUT2D eigenvalue weighted by Gasteiger charge is 2.32. The summed E-state index contributed by atoms with van der Waals surface area (Å²) in [7, 11) is 3.31. The molecule has 4 heterocycles. The number of aromatic nitrogens is 5. The van der Waals surface area contributed by atoms with Gasteiger partial charge in [0.1, 0.15) is 11.5 Å². The Kier molecular flexibility index (Phi) is 5.13. The van der Waals surface area contributed by atoms with Crippen LogP contribution in [0.25, 0.3) is 11.3 Å². The zero-order chi connectivity index (χ0) is 21.2. The molecule has 0 bridgehead atoms. The van der Waals surface area contributed by atoms with E-state index in [0.29, 0.717) is 6.54 Å². The zero-order valence-electron chi connectivity index (χ0n) is 17.5. The second kappa shape index (κ2) is 8.23. The predicted octanol–water partition coefficient (Wildman–Crippen LogP) is 3.36. The average Bonchev–Trinajstić information content (AvgIpc) is 3.48. The van der Waals surface area contributed by atoms with Gasteiger partial charge in [-0.05, 0) is 23.8 Å². The van der Waals surface area contributed by atoms with Crippen LogP contribution in [-0.4, -0.2) is 50.8 Å². The van der Waals surface area contributed by atoms with E-state index in [0.717, 1.165) is 52.5 Å². The average molecular weight is 416 g/mol. The molecule has 0 fully saturated rings. The number of ether oxygens (including phenoxy) is 2. The van der Waals surface area contributed by atoms with Crippen molar-refractivity contribution in [3.63, 3.8) is 0 Å². The number of rotatable bonds is 6. The first-order valence-corrected chi connectivity index (χ1v) is 10.2. The molecule has 0 aliphatic carbocycles. The van der Waals surface area contributed by atoms with Crippen LogP contribution in [0, 0.1) is 0 Å². The van der Waals surface area contributed by atoms with E-state index in [1.807, 2.05) is 36.7 Å². The van der Waals surface area contributed by atoms with E-state index in [2.05, 4.69) is 36.1 Å². The van der Waals surface area contributed by atoms with Crippen molar-refractivity contribution in [2.24, 2.45) is 0 Å². The molecule has 0 saturated carbocycles. The molecule has 0 radical (unpaired) electrons. The number of pyridine rings is 1. The summed E-state index contributed by atoms with van der Waals surface area (Å²) in [6.45, 7) is 1.62. The van der Waals surface area contributed by atoms with E-state index >= 15 is 0 Å². The summed E-state index contributed by atoms with van der Waals surface area (Å²) in [5.41, 5.74) is 6.36. The predicted molar refractivity (Wildman–Crippen MR) is 116 cm³/mol. The number of hydrogen-bond acceptors (Lipinski definition) is 6. The van der Waals surface area contributed by atoms with Crippen LogP contribution in [0.3, 0.4) is 0 Å². The zero-order valence-corrected chi connectivity index (χ0v) is 17.5. The molecule has 158 valence electrons. The molecule has 1 aliphatic rings. The number of hydrogen-bond donors (Lipinski definition) is 2. The van der Waals surface area contributed by atoms with Crippen LogP contribution >= 0.6 is 0 Å². The van der Waals surface area contributed by atoms with Crippen molar-refractivity contribution in [2.75, 3.05) is 20.8 Å². The molecule has 1 aromatic carbocycles. The summed E-state index contributed by atoms with van der Waals surface area (Å²) < 4.78 is 11.0. The first kappa shape index (κ1) is 19.3. The number of nitrogens with zero attached hydrogens (tertiary/aromatic N) is 4. The van der Waals surface area contributed by atoms with Crippen LogP contribution < -0.4 is 9.47 Å². The van der Waals surface area contributed by atoms with Gasteiger partial charge < -0.3 is 14.5 Å². The molecule has 2 N–H and O–H groups in total.